The maximum absolute atomic E-state index is 8.97. The fourth-order valence-corrected chi connectivity index (χ4v) is 3.53. The maximum Gasteiger partial charge on any atom is 0.0558 e. The Hall–Kier alpha value is -0.510. The molecule has 1 aromatic carbocycles. The van der Waals surface area contributed by atoms with E-state index in [0.717, 1.165) is 19.6 Å². The zero-order chi connectivity index (χ0) is 11.4. The average Bonchev–Trinajstić information content (AvgIpc) is 2.70. The third-order valence-corrected chi connectivity index (χ3v) is 4.34. The molecule has 1 aliphatic heterocycles. The molecule has 0 amide bonds. The van der Waals surface area contributed by atoms with Gasteiger partial charge in [0.1, 0.15) is 0 Å². The van der Waals surface area contributed by atoms with Gasteiger partial charge in [0.25, 0.3) is 0 Å². The van der Waals surface area contributed by atoms with Gasteiger partial charge in [-0.1, -0.05) is 25.1 Å². The monoisotopic (exact) mass is 237 g/mol. The molecule has 0 saturated carbocycles. The minimum Gasteiger partial charge on any atom is -0.395 e. The number of aliphatic hydroxyl groups excluding tert-OH is 1. The van der Waals surface area contributed by atoms with Crippen LogP contribution in [0.1, 0.15) is 12.5 Å². The highest BCUT2D eigenvalue weighted by molar-refractivity contribution is 8.00. The van der Waals surface area contributed by atoms with E-state index in [4.69, 9.17) is 5.11 Å². The van der Waals surface area contributed by atoms with Gasteiger partial charge in [-0.15, -0.1) is 11.8 Å². The Morgan fingerprint density at radius 1 is 1.44 bits per heavy atom. The Morgan fingerprint density at radius 3 is 2.94 bits per heavy atom. The Balaban J connectivity index is 1.91. The first-order chi connectivity index (χ1) is 7.83. The summed E-state index contributed by atoms with van der Waals surface area (Å²) < 4.78 is 0. The number of thioether (sulfide) groups is 1. The smallest absolute Gasteiger partial charge is 0.0558 e. The minimum absolute atomic E-state index is 0.262. The van der Waals surface area contributed by atoms with Gasteiger partial charge in [-0.05, 0) is 24.6 Å². The Kier molecular flexibility index (Phi) is 4.27. The Bertz CT molecular complexity index is 317. The molecule has 0 aromatic heterocycles. The van der Waals surface area contributed by atoms with E-state index in [1.165, 1.54) is 16.9 Å². The van der Waals surface area contributed by atoms with E-state index in [2.05, 4.69) is 36.1 Å². The standard InChI is InChI=1S/C13H19NOS/c1-2-14(7-8-15)10-12-9-11-5-3-4-6-13(11)16-12/h3-6,12,15H,2,7-10H2,1H3. The van der Waals surface area contributed by atoms with E-state index in [-0.39, 0.29) is 6.61 Å². The summed E-state index contributed by atoms with van der Waals surface area (Å²) in [4.78, 5) is 3.76. The zero-order valence-corrected chi connectivity index (χ0v) is 10.5. The van der Waals surface area contributed by atoms with Crippen molar-refractivity contribution in [3.05, 3.63) is 29.8 Å². The van der Waals surface area contributed by atoms with Crippen LogP contribution >= 0.6 is 11.8 Å². The van der Waals surface area contributed by atoms with E-state index < -0.39 is 0 Å². The molecule has 0 fully saturated rings. The molecule has 1 aromatic rings. The second-order valence-corrected chi connectivity index (χ2v) is 5.51. The average molecular weight is 237 g/mol. The van der Waals surface area contributed by atoms with Gasteiger partial charge in [0.15, 0.2) is 0 Å². The van der Waals surface area contributed by atoms with Crippen molar-refractivity contribution < 1.29 is 5.11 Å². The second kappa shape index (κ2) is 5.71. The fraction of sp³-hybridized carbons (Fsp3) is 0.538. The lowest BCUT2D eigenvalue weighted by Gasteiger charge is -2.22. The lowest BCUT2D eigenvalue weighted by atomic mass is 10.1. The summed E-state index contributed by atoms with van der Waals surface area (Å²) in [5, 5.41) is 9.62. The van der Waals surface area contributed by atoms with Crippen LogP contribution in [0.25, 0.3) is 0 Å². The van der Waals surface area contributed by atoms with E-state index in [0.29, 0.717) is 5.25 Å². The summed E-state index contributed by atoms with van der Waals surface area (Å²) in [6.45, 7) is 5.31. The van der Waals surface area contributed by atoms with E-state index in [1.807, 2.05) is 11.8 Å². The number of nitrogens with zero attached hydrogens (tertiary/aromatic N) is 1. The predicted molar refractivity (Wildman–Crippen MR) is 69.0 cm³/mol. The van der Waals surface area contributed by atoms with Crippen molar-refractivity contribution in [2.45, 2.75) is 23.5 Å². The summed E-state index contributed by atoms with van der Waals surface area (Å²) >= 11 is 1.98. The molecular formula is C13H19NOS. The number of hydrogen-bond donors (Lipinski definition) is 1. The molecule has 0 radical (unpaired) electrons. The molecule has 2 rings (SSSR count). The van der Waals surface area contributed by atoms with E-state index in [1.54, 1.807) is 0 Å². The Labute approximate surface area is 102 Å². The first-order valence-electron chi connectivity index (χ1n) is 5.91. The van der Waals surface area contributed by atoms with Gasteiger partial charge in [-0.3, -0.25) is 0 Å². The number of aliphatic hydroxyl groups is 1. The summed E-state index contributed by atoms with van der Waals surface area (Å²) in [5.74, 6) is 0. The molecule has 0 saturated heterocycles. The number of fused-ring (bicyclic) bond motifs is 1. The third kappa shape index (κ3) is 2.78. The second-order valence-electron chi connectivity index (χ2n) is 4.17. The van der Waals surface area contributed by atoms with Crippen LogP contribution in [0.5, 0.6) is 0 Å². The van der Waals surface area contributed by atoms with Crippen LogP contribution in [-0.2, 0) is 6.42 Å². The zero-order valence-electron chi connectivity index (χ0n) is 9.72. The van der Waals surface area contributed by atoms with Crippen molar-refractivity contribution in [1.29, 1.82) is 0 Å². The molecule has 0 bridgehead atoms. The molecule has 0 spiro atoms. The van der Waals surface area contributed by atoms with Gasteiger partial charge in [-0.25, -0.2) is 0 Å². The quantitative estimate of drug-likeness (QED) is 0.847. The topological polar surface area (TPSA) is 23.5 Å². The van der Waals surface area contributed by atoms with Crippen molar-refractivity contribution >= 4 is 11.8 Å². The third-order valence-electron chi connectivity index (χ3n) is 3.04. The molecule has 2 nitrogen and oxygen atoms in total. The van der Waals surface area contributed by atoms with Crippen molar-refractivity contribution in [2.24, 2.45) is 0 Å². The summed E-state index contributed by atoms with van der Waals surface area (Å²) in [7, 11) is 0. The molecule has 1 unspecified atom stereocenters. The number of rotatable bonds is 5. The minimum atomic E-state index is 0.262. The van der Waals surface area contributed by atoms with E-state index in [9.17, 15) is 0 Å². The summed E-state index contributed by atoms with van der Waals surface area (Å²) in [6.07, 6.45) is 1.17. The summed E-state index contributed by atoms with van der Waals surface area (Å²) in [6, 6.07) is 8.67. The van der Waals surface area contributed by atoms with Gasteiger partial charge in [0, 0.05) is 23.2 Å². The maximum atomic E-state index is 8.97. The van der Waals surface area contributed by atoms with Crippen molar-refractivity contribution in [2.75, 3.05) is 26.2 Å². The van der Waals surface area contributed by atoms with Crippen LogP contribution in [-0.4, -0.2) is 41.5 Å². The number of likely N-dealkylation sites (N-methyl/N-ethyl adjacent to an activating group) is 1. The van der Waals surface area contributed by atoms with E-state index >= 15 is 0 Å². The van der Waals surface area contributed by atoms with Crippen molar-refractivity contribution in [3.63, 3.8) is 0 Å². The van der Waals surface area contributed by atoms with Crippen molar-refractivity contribution in [1.82, 2.24) is 4.90 Å². The molecule has 1 heterocycles. The first-order valence-corrected chi connectivity index (χ1v) is 6.79. The molecule has 3 heteroatoms. The van der Waals surface area contributed by atoms with Crippen molar-refractivity contribution in [3.8, 4) is 0 Å². The highest BCUT2D eigenvalue weighted by atomic mass is 32.2. The van der Waals surface area contributed by atoms with Gasteiger partial charge in [-0.2, -0.15) is 0 Å². The highest BCUT2D eigenvalue weighted by Gasteiger charge is 2.23. The van der Waals surface area contributed by atoms with Gasteiger partial charge >= 0.3 is 0 Å². The molecule has 1 atom stereocenters. The number of hydrogen-bond acceptors (Lipinski definition) is 3. The normalized spacial score (nSPS) is 19.1. The van der Waals surface area contributed by atoms with Crippen LogP contribution in [0.4, 0.5) is 0 Å². The SMILES string of the molecule is CCN(CCO)CC1Cc2ccccc2S1. The lowest BCUT2D eigenvalue weighted by Crippen LogP contribution is -2.33. The van der Waals surface area contributed by atoms with Gasteiger partial charge in [0.05, 0.1) is 6.61 Å². The summed E-state index contributed by atoms with van der Waals surface area (Å²) in [5.41, 5.74) is 1.48. The fourth-order valence-electron chi connectivity index (χ4n) is 2.16. The van der Waals surface area contributed by atoms with Crippen LogP contribution in [0.2, 0.25) is 0 Å². The lowest BCUT2D eigenvalue weighted by molar-refractivity contribution is 0.202. The van der Waals surface area contributed by atoms with Gasteiger partial charge < -0.3 is 10.0 Å². The van der Waals surface area contributed by atoms with Crippen LogP contribution in [0.3, 0.4) is 0 Å². The molecule has 1 aliphatic rings. The highest BCUT2D eigenvalue weighted by Crippen LogP contribution is 2.36. The van der Waals surface area contributed by atoms with Crippen LogP contribution in [0.15, 0.2) is 29.2 Å². The molecular weight excluding hydrogens is 218 g/mol. The number of benzene rings is 1. The molecule has 88 valence electrons. The molecule has 16 heavy (non-hydrogen) atoms. The largest absolute Gasteiger partial charge is 0.395 e. The predicted octanol–water partition coefficient (Wildman–Crippen LogP) is 2.02. The first kappa shape index (κ1) is 12.0. The molecule has 1 N–H and O–H groups in total. The van der Waals surface area contributed by atoms with Gasteiger partial charge in [0.2, 0.25) is 0 Å². The molecule has 0 aliphatic carbocycles. The van der Waals surface area contributed by atoms with Crippen LogP contribution < -0.4 is 0 Å². The van der Waals surface area contributed by atoms with Crippen LogP contribution in [0, 0.1) is 0 Å². The Morgan fingerprint density at radius 2 is 2.25 bits per heavy atom.